The van der Waals surface area contributed by atoms with Crippen molar-refractivity contribution in [3.05, 3.63) is 88.0 Å². The highest BCUT2D eigenvalue weighted by Gasteiger charge is 2.28. The number of Topliss-reactive ketones (excluding diaryl/α,β-unsaturated/α-hetero) is 1. The molecule has 1 aliphatic carbocycles. The molecule has 3 aromatic rings. The van der Waals surface area contributed by atoms with Gasteiger partial charge in [-0.15, -0.1) is 0 Å². The Labute approximate surface area is 207 Å². The molecule has 0 heterocycles. The fourth-order valence-corrected chi connectivity index (χ4v) is 3.96. The molecule has 8 heteroatoms. The van der Waals surface area contributed by atoms with E-state index in [0.29, 0.717) is 23.0 Å². The van der Waals surface area contributed by atoms with E-state index in [9.17, 15) is 23.2 Å². The molecule has 4 rings (SSSR count). The van der Waals surface area contributed by atoms with E-state index in [0.717, 1.165) is 37.1 Å². The number of anilines is 1. The Morgan fingerprint density at radius 1 is 0.917 bits per heavy atom. The maximum Gasteiger partial charge on any atom is 0.313 e. The third kappa shape index (κ3) is 5.59. The molecule has 0 radical (unpaired) electrons. The maximum absolute atomic E-state index is 14.3. The molecule has 186 valence electrons. The summed E-state index contributed by atoms with van der Waals surface area (Å²) in [6.45, 7) is 3.62. The number of hydrogen-bond acceptors (Lipinski definition) is 5. The lowest BCUT2D eigenvalue weighted by atomic mass is 9.99. The highest BCUT2D eigenvalue weighted by Crippen LogP contribution is 2.44. The zero-order valence-corrected chi connectivity index (χ0v) is 20.1. The summed E-state index contributed by atoms with van der Waals surface area (Å²) in [5, 5.41) is 2.68. The molecule has 6 nitrogen and oxygen atoms in total. The van der Waals surface area contributed by atoms with Gasteiger partial charge in [-0.05, 0) is 97.8 Å². The van der Waals surface area contributed by atoms with Gasteiger partial charge in [-0.25, -0.2) is 8.78 Å². The number of halogens is 2. The standard InChI is InChI=1S/C28H25F2NO5/c1-15-11-22(26(13-20(15)17-4-5-17)36-25-9-6-18(29)10-16(25)2)28(34)31-19-7-8-23(30)21(12-19)24(32)14-27(33)35-3/h6-13,17H,4-5,14H2,1-3H3,(H,31,34). The van der Waals surface area contributed by atoms with Gasteiger partial charge in [-0.1, -0.05) is 0 Å². The number of amides is 1. The van der Waals surface area contributed by atoms with Crippen molar-refractivity contribution >= 4 is 23.3 Å². The van der Waals surface area contributed by atoms with E-state index in [1.54, 1.807) is 13.0 Å². The number of carbonyl (C=O) groups is 3. The molecule has 3 aromatic carbocycles. The van der Waals surface area contributed by atoms with Gasteiger partial charge < -0.3 is 14.8 Å². The van der Waals surface area contributed by atoms with E-state index in [-0.39, 0.29) is 16.8 Å². The van der Waals surface area contributed by atoms with Crippen LogP contribution in [0.25, 0.3) is 0 Å². The number of ketones is 1. The molecular weight excluding hydrogens is 468 g/mol. The van der Waals surface area contributed by atoms with Crippen LogP contribution in [0.1, 0.15) is 62.6 Å². The minimum atomic E-state index is -0.817. The summed E-state index contributed by atoms with van der Waals surface area (Å²) in [6.07, 6.45) is 1.49. The first-order valence-corrected chi connectivity index (χ1v) is 11.5. The first-order chi connectivity index (χ1) is 17.2. The van der Waals surface area contributed by atoms with Crippen molar-refractivity contribution in [2.75, 3.05) is 12.4 Å². The van der Waals surface area contributed by atoms with Crippen LogP contribution >= 0.6 is 0 Å². The summed E-state index contributed by atoms with van der Waals surface area (Å²) in [6, 6.07) is 11.2. The molecule has 1 N–H and O–H groups in total. The zero-order valence-electron chi connectivity index (χ0n) is 20.1. The van der Waals surface area contributed by atoms with Crippen LogP contribution in [0.3, 0.4) is 0 Å². The first kappa shape index (κ1) is 25.0. The van der Waals surface area contributed by atoms with Crippen molar-refractivity contribution in [3.8, 4) is 11.5 Å². The topological polar surface area (TPSA) is 81.7 Å². The van der Waals surface area contributed by atoms with Gasteiger partial charge in [0, 0.05) is 5.69 Å². The molecule has 0 bridgehead atoms. The molecule has 36 heavy (non-hydrogen) atoms. The highest BCUT2D eigenvalue weighted by molar-refractivity contribution is 6.09. The highest BCUT2D eigenvalue weighted by atomic mass is 19.1. The van der Waals surface area contributed by atoms with Crippen LogP contribution in [-0.4, -0.2) is 24.8 Å². The molecule has 1 aliphatic rings. The van der Waals surface area contributed by atoms with Crippen LogP contribution in [0.15, 0.2) is 48.5 Å². The molecule has 0 unspecified atom stereocenters. The summed E-state index contributed by atoms with van der Waals surface area (Å²) < 4.78 is 38.4. The Balaban J connectivity index is 1.65. The van der Waals surface area contributed by atoms with E-state index < -0.39 is 35.7 Å². The Kier molecular flexibility index (Phi) is 7.15. The molecule has 0 aliphatic heterocycles. The fraction of sp³-hybridized carbons (Fsp3) is 0.250. The van der Waals surface area contributed by atoms with Crippen LogP contribution in [0.2, 0.25) is 0 Å². The van der Waals surface area contributed by atoms with Gasteiger partial charge >= 0.3 is 5.97 Å². The molecule has 0 spiro atoms. The summed E-state index contributed by atoms with van der Waals surface area (Å²) in [5.74, 6) is -2.19. The molecule has 0 saturated heterocycles. The minimum absolute atomic E-state index is 0.169. The number of nitrogens with one attached hydrogen (secondary N) is 1. The van der Waals surface area contributed by atoms with E-state index in [2.05, 4.69) is 10.1 Å². The molecule has 1 saturated carbocycles. The number of benzene rings is 3. The first-order valence-electron chi connectivity index (χ1n) is 11.5. The predicted octanol–water partition coefficient (Wildman–Crippen LogP) is 6.25. The lowest BCUT2D eigenvalue weighted by Gasteiger charge is -2.17. The lowest BCUT2D eigenvalue weighted by molar-refractivity contribution is -0.139. The number of carbonyl (C=O) groups excluding carboxylic acids is 3. The second kappa shape index (κ2) is 10.3. The van der Waals surface area contributed by atoms with E-state index in [1.807, 2.05) is 13.0 Å². The monoisotopic (exact) mass is 493 g/mol. The molecule has 1 fully saturated rings. The zero-order chi connectivity index (χ0) is 26.0. The van der Waals surface area contributed by atoms with Gasteiger partial charge in [0.05, 0.1) is 18.2 Å². The van der Waals surface area contributed by atoms with Gasteiger partial charge in [0.15, 0.2) is 5.78 Å². The van der Waals surface area contributed by atoms with Gasteiger partial charge in [-0.3, -0.25) is 14.4 Å². The average Bonchev–Trinajstić information content (AvgIpc) is 3.68. The number of aryl methyl sites for hydroxylation is 2. The van der Waals surface area contributed by atoms with Crippen molar-refractivity contribution in [3.63, 3.8) is 0 Å². The van der Waals surface area contributed by atoms with Gasteiger partial charge in [0.1, 0.15) is 29.6 Å². The summed E-state index contributed by atoms with van der Waals surface area (Å²) >= 11 is 0. The Morgan fingerprint density at radius 3 is 2.33 bits per heavy atom. The fourth-order valence-electron chi connectivity index (χ4n) is 3.96. The van der Waals surface area contributed by atoms with Crippen molar-refractivity contribution in [1.82, 2.24) is 0 Å². The molecule has 0 aromatic heterocycles. The summed E-state index contributed by atoms with van der Waals surface area (Å²) in [5.41, 5.74) is 2.64. The smallest absolute Gasteiger partial charge is 0.313 e. The minimum Gasteiger partial charge on any atom is -0.469 e. The number of methoxy groups -OCH3 is 1. The van der Waals surface area contributed by atoms with Crippen LogP contribution in [0, 0.1) is 25.5 Å². The predicted molar refractivity (Wildman–Crippen MR) is 130 cm³/mol. The third-order valence-corrected chi connectivity index (χ3v) is 6.04. The lowest BCUT2D eigenvalue weighted by Crippen LogP contribution is -2.15. The van der Waals surface area contributed by atoms with E-state index in [4.69, 9.17) is 4.74 Å². The van der Waals surface area contributed by atoms with Crippen LogP contribution in [0.5, 0.6) is 11.5 Å². The number of esters is 1. The Bertz CT molecular complexity index is 1360. The second-order valence-corrected chi connectivity index (χ2v) is 8.82. The van der Waals surface area contributed by atoms with Crippen LogP contribution < -0.4 is 10.1 Å². The van der Waals surface area contributed by atoms with Crippen molar-refractivity contribution in [2.45, 2.75) is 39.0 Å². The van der Waals surface area contributed by atoms with Crippen molar-refractivity contribution in [2.24, 2.45) is 0 Å². The number of rotatable bonds is 8. The van der Waals surface area contributed by atoms with Gasteiger partial charge in [0.25, 0.3) is 5.91 Å². The quantitative estimate of drug-likeness (QED) is 0.228. The maximum atomic E-state index is 14.3. The summed E-state index contributed by atoms with van der Waals surface area (Å²) in [7, 11) is 1.13. The van der Waals surface area contributed by atoms with Crippen LogP contribution in [0.4, 0.5) is 14.5 Å². The van der Waals surface area contributed by atoms with E-state index in [1.165, 1.54) is 30.3 Å². The average molecular weight is 494 g/mol. The molecule has 1 amide bonds. The molecular formula is C28H25F2NO5. The number of hydrogen-bond donors (Lipinski definition) is 1. The van der Waals surface area contributed by atoms with Crippen molar-refractivity contribution in [1.29, 1.82) is 0 Å². The van der Waals surface area contributed by atoms with Crippen molar-refractivity contribution < 1.29 is 32.6 Å². The summed E-state index contributed by atoms with van der Waals surface area (Å²) in [4.78, 5) is 37.0. The van der Waals surface area contributed by atoms with E-state index >= 15 is 0 Å². The normalized spacial score (nSPS) is 12.7. The Hall–Kier alpha value is -4.07. The van der Waals surface area contributed by atoms with Gasteiger partial charge in [-0.2, -0.15) is 0 Å². The Morgan fingerprint density at radius 2 is 1.67 bits per heavy atom. The number of ether oxygens (including phenoxy) is 2. The molecule has 0 atom stereocenters. The second-order valence-electron chi connectivity index (χ2n) is 8.82. The SMILES string of the molecule is COC(=O)CC(=O)c1cc(NC(=O)c2cc(C)c(C3CC3)cc2Oc2ccc(F)cc2C)ccc1F. The third-order valence-electron chi connectivity index (χ3n) is 6.04. The van der Waals surface area contributed by atoms with Crippen LogP contribution in [-0.2, 0) is 9.53 Å². The van der Waals surface area contributed by atoms with Gasteiger partial charge in [0.2, 0.25) is 0 Å². The largest absolute Gasteiger partial charge is 0.469 e.